The van der Waals surface area contributed by atoms with Gasteiger partial charge in [-0.1, -0.05) is 13.8 Å². The number of hydrogen-bond donors (Lipinski definition) is 4. The van der Waals surface area contributed by atoms with Gasteiger partial charge in [-0.2, -0.15) is 0 Å². The standard InChI is InChI=1S/C18H39N5O4S.HI/c1-10-18(11-2,22-15(24)27-16(3,4)5)13-21-14(19-8)20-12-17(6,7)23-28(9,25)26;/h23H,10-13H2,1-9H3,(H,22,24)(H2,19,20,21);1H. The van der Waals surface area contributed by atoms with Crippen LogP contribution in [0.3, 0.4) is 0 Å². The summed E-state index contributed by atoms with van der Waals surface area (Å²) >= 11 is 0. The van der Waals surface area contributed by atoms with Gasteiger partial charge in [0.25, 0.3) is 0 Å². The largest absolute Gasteiger partial charge is 0.444 e. The Morgan fingerprint density at radius 2 is 1.48 bits per heavy atom. The van der Waals surface area contributed by atoms with Gasteiger partial charge in [0, 0.05) is 25.7 Å². The lowest BCUT2D eigenvalue weighted by Crippen LogP contribution is -2.58. The quantitative estimate of drug-likeness (QED) is 0.199. The summed E-state index contributed by atoms with van der Waals surface area (Å²) in [7, 11) is -1.69. The van der Waals surface area contributed by atoms with E-state index in [1.807, 2.05) is 34.6 Å². The summed E-state index contributed by atoms with van der Waals surface area (Å²) in [6.45, 7) is 13.8. The molecule has 0 atom stereocenters. The van der Waals surface area contributed by atoms with Crippen LogP contribution in [0.5, 0.6) is 0 Å². The molecule has 4 N–H and O–H groups in total. The van der Waals surface area contributed by atoms with E-state index in [0.717, 1.165) is 6.26 Å². The Morgan fingerprint density at radius 3 is 1.86 bits per heavy atom. The van der Waals surface area contributed by atoms with Crippen molar-refractivity contribution in [2.45, 2.75) is 78.0 Å². The van der Waals surface area contributed by atoms with Crippen molar-refractivity contribution in [2.75, 3.05) is 26.4 Å². The van der Waals surface area contributed by atoms with E-state index in [0.29, 0.717) is 31.9 Å². The number of amides is 1. The van der Waals surface area contributed by atoms with E-state index < -0.39 is 32.8 Å². The molecule has 0 aromatic rings. The number of nitrogens with one attached hydrogen (secondary N) is 4. The Kier molecular flexibility index (Phi) is 12.7. The average molecular weight is 550 g/mol. The molecule has 0 radical (unpaired) electrons. The molecule has 0 saturated carbocycles. The Morgan fingerprint density at radius 1 is 1.00 bits per heavy atom. The lowest BCUT2D eigenvalue weighted by Gasteiger charge is -2.35. The summed E-state index contributed by atoms with van der Waals surface area (Å²) in [6, 6.07) is 0. The fraction of sp³-hybridized carbons (Fsp3) is 0.889. The zero-order valence-corrected chi connectivity index (χ0v) is 22.4. The molecule has 0 rings (SSSR count). The third-order valence-corrected chi connectivity index (χ3v) is 5.02. The minimum absolute atomic E-state index is 0. The van der Waals surface area contributed by atoms with Gasteiger partial charge in [0.2, 0.25) is 10.0 Å². The molecule has 11 heteroatoms. The molecular weight excluding hydrogens is 509 g/mol. The van der Waals surface area contributed by atoms with E-state index in [4.69, 9.17) is 4.74 Å². The van der Waals surface area contributed by atoms with Crippen LogP contribution in [0.4, 0.5) is 4.79 Å². The van der Waals surface area contributed by atoms with Crippen LogP contribution in [0.2, 0.25) is 0 Å². The van der Waals surface area contributed by atoms with Crippen LogP contribution in [0.25, 0.3) is 0 Å². The van der Waals surface area contributed by atoms with Crippen LogP contribution >= 0.6 is 24.0 Å². The Hall–Kier alpha value is -0.820. The van der Waals surface area contributed by atoms with Crippen LogP contribution in [0, 0.1) is 0 Å². The summed E-state index contributed by atoms with van der Waals surface area (Å²) < 4.78 is 30.9. The van der Waals surface area contributed by atoms with Gasteiger partial charge in [0.05, 0.1) is 11.8 Å². The highest BCUT2D eigenvalue weighted by atomic mass is 127. The maximum Gasteiger partial charge on any atom is 0.408 e. The van der Waals surface area contributed by atoms with Crippen molar-refractivity contribution >= 4 is 46.1 Å². The van der Waals surface area contributed by atoms with Gasteiger partial charge in [-0.05, 0) is 47.5 Å². The summed E-state index contributed by atoms with van der Waals surface area (Å²) in [5.74, 6) is 0.514. The molecule has 29 heavy (non-hydrogen) atoms. The molecule has 0 aromatic carbocycles. The van der Waals surface area contributed by atoms with Gasteiger partial charge in [-0.15, -0.1) is 24.0 Å². The maximum atomic E-state index is 12.2. The highest BCUT2D eigenvalue weighted by Crippen LogP contribution is 2.16. The van der Waals surface area contributed by atoms with Gasteiger partial charge >= 0.3 is 6.09 Å². The Labute approximate surface area is 193 Å². The number of nitrogens with zero attached hydrogens (tertiary/aromatic N) is 1. The number of alkyl carbamates (subject to hydrolysis) is 1. The number of carbonyl (C=O) groups excluding carboxylic acids is 1. The Balaban J connectivity index is 0. The number of sulfonamides is 1. The Bertz CT molecular complexity index is 641. The van der Waals surface area contributed by atoms with Crippen molar-refractivity contribution < 1.29 is 17.9 Å². The molecule has 0 unspecified atom stereocenters. The van der Waals surface area contributed by atoms with Crippen LogP contribution in [-0.4, -0.2) is 63.5 Å². The number of aliphatic imine (C=N–C) groups is 1. The topological polar surface area (TPSA) is 121 Å². The van der Waals surface area contributed by atoms with E-state index in [2.05, 4.69) is 25.7 Å². The molecule has 0 aromatic heterocycles. The SMILES string of the molecule is CCC(CC)(CNC(=NC)NCC(C)(C)NS(C)(=O)=O)NC(=O)OC(C)(C)C.I. The van der Waals surface area contributed by atoms with E-state index in [1.165, 1.54) is 0 Å². The van der Waals surface area contributed by atoms with Crippen LogP contribution in [-0.2, 0) is 14.8 Å². The zero-order valence-electron chi connectivity index (χ0n) is 19.2. The van der Waals surface area contributed by atoms with Crippen molar-refractivity contribution in [3.63, 3.8) is 0 Å². The van der Waals surface area contributed by atoms with Crippen LogP contribution < -0.4 is 20.7 Å². The molecule has 0 saturated heterocycles. The number of rotatable bonds is 9. The van der Waals surface area contributed by atoms with Crippen molar-refractivity contribution in [1.29, 1.82) is 0 Å². The second kappa shape index (κ2) is 12.1. The van der Waals surface area contributed by atoms with Gasteiger partial charge in [0.15, 0.2) is 5.96 Å². The average Bonchev–Trinajstić information content (AvgIpc) is 2.49. The molecule has 0 spiro atoms. The van der Waals surface area contributed by atoms with Gasteiger partial charge in [-0.25, -0.2) is 17.9 Å². The van der Waals surface area contributed by atoms with Crippen molar-refractivity contribution in [2.24, 2.45) is 4.99 Å². The van der Waals surface area contributed by atoms with E-state index in [9.17, 15) is 13.2 Å². The highest BCUT2D eigenvalue weighted by Gasteiger charge is 2.31. The molecule has 0 aliphatic heterocycles. The van der Waals surface area contributed by atoms with E-state index >= 15 is 0 Å². The summed E-state index contributed by atoms with van der Waals surface area (Å²) in [5.41, 5.74) is -1.76. The van der Waals surface area contributed by atoms with Gasteiger partial charge < -0.3 is 20.7 Å². The smallest absolute Gasteiger partial charge is 0.408 e. The normalized spacial score (nSPS) is 13.3. The van der Waals surface area contributed by atoms with Gasteiger partial charge in [-0.3, -0.25) is 4.99 Å². The zero-order chi connectivity index (χ0) is 22.2. The van der Waals surface area contributed by atoms with Crippen molar-refractivity contribution in [3.05, 3.63) is 0 Å². The first-order valence-corrected chi connectivity index (χ1v) is 11.4. The van der Waals surface area contributed by atoms with E-state index in [-0.39, 0.29) is 24.0 Å². The monoisotopic (exact) mass is 549 g/mol. The molecule has 0 fully saturated rings. The first-order valence-electron chi connectivity index (χ1n) is 9.51. The first kappa shape index (κ1) is 30.4. The lowest BCUT2D eigenvalue weighted by atomic mass is 9.93. The maximum absolute atomic E-state index is 12.2. The highest BCUT2D eigenvalue weighted by molar-refractivity contribution is 14.0. The molecular formula is C18H40IN5O4S. The predicted octanol–water partition coefficient (Wildman–Crippen LogP) is 2.18. The number of hydrogen-bond acceptors (Lipinski definition) is 5. The van der Waals surface area contributed by atoms with Crippen molar-refractivity contribution in [1.82, 2.24) is 20.7 Å². The molecule has 0 heterocycles. The number of carbonyl (C=O) groups is 1. The minimum Gasteiger partial charge on any atom is -0.444 e. The summed E-state index contributed by atoms with van der Waals surface area (Å²) in [5, 5.41) is 9.29. The summed E-state index contributed by atoms with van der Waals surface area (Å²) in [6.07, 6.45) is 2.07. The van der Waals surface area contributed by atoms with Crippen LogP contribution in [0.1, 0.15) is 61.3 Å². The molecule has 0 aliphatic carbocycles. The van der Waals surface area contributed by atoms with E-state index in [1.54, 1.807) is 20.9 Å². The summed E-state index contributed by atoms with van der Waals surface area (Å²) in [4.78, 5) is 16.4. The van der Waals surface area contributed by atoms with Crippen LogP contribution in [0.15, 0.2) is 4.99 Å². The lowest BCUT2D eigenvalue weighted by molar-refractivity contribution is 0.0448. The fourth-order valence-electron chi connectivity index (χ4n) is 2.56. The number of ether oxygens (including phenoxy) is 1. The second-order valence-electron chi connectivity index (χ2n) is 8.65. The second-order valence-corrected chi connectivity index (χ2v) is 10.4. The minimum atomic E-state index is -3.32. The van der Waals surface area contributed by atoms with Crippen molar-refractivity contribution in [3.8, 4) is 0 Å². The third kappa shape index (κ3) is 13.9. The van der Waals surface area contributed by atoms with Gasteiger partial charge in [0.1, 0.15) is 5.60 Å². The first-order chi connectivity index (χ1) is 12.6. The molecule has 0 bridgehead atoms. The number of halogens is 1. The molecule has 0 aliphatic rings. The number of guanidine groups is 1. The fourth-order valence-corrected chi connectivity index (χ4v) is 3.63. The molecule has 1 amide bonds. The third-order valence-electron chi connectivity index (χ3n) is 4.10. The predicted molar refractivity (Wildman–Crippen MR) is 130 cm³/mol. The molecule has 9 nitrogen and oxygen atoms in total. The molecule has 174 valence electrons.